The normalized spacial score (nSPS) is 13.1. The van der Waals surface area contributed by atoms with Gasteiger partial charge in [-0.05, 0) is 66.9 Å². The molecule has 1 atom stereocenters. The van der Waals surface area contributed by atoms with Gasteiger partial charge in [0.1, 0.15) is 18.9 Å². The van der Waals surface area contributed by atoms with Gasteiger partial charge in [0.25, 0.3) is 11.8 Å². The number of thiophene rings is 1. The summed E-state index contributed by atoms with van der Waals surface area (Å²) in [7, 11) is 0. The first-order valence-corrected chi connectivity index (χ1v) is 14.6. The zero-order chi connectivity index (χ0) is 28.6. The minimum Gasteiger partial charge on any atom is -0.486 e. The molecule has 0 bridgehead atoms. The summed E-state index contributed by atoms with van der Waals surface area (Å²) in [6.45, 7) is 2.78. The van der Waals surface area contributed by atoms with Gasteiger partial charge in [-0.2, -0.15) is 0 Å². The third-order valence-electron chi connectivity index (χ3n) is 5.94. The van der Waals surface area contributed by atoms with Crippen LogP contribution in [-0.4, -0.2) is 36.2 Å². The summed E-state index contributed by atoms with van der Waals surface area (Å²) in [6, 6.07) is 25.0. The van der Waals surface area contributed by atoms with E-state index in [0.29, 0.717) is 41.7 Å². The molecule has 0 fully saturated rings. The van der Waals surface area contributed by atoms with Gasteiger partial charge in [0.15, 0.2) is 11.5 Å². The Morgan fingerprint density at radius 3 is 2.41 bits per heavy atom. The lowest BCUT2D eigenvalue weighted by Crippen LogP contribution is -2.30. The van der Waals surface area contributed by atoms with Crippen molar-refractivity contribution in [2.24, 2.45) is 0 Å². The Labute approximate surface area is 245 Å². The molecule has 0 saturated carbocycles. The number of carbonyl (C=O) groups excluding carboxylic acids is 3. The monoisotopic (exact) mass is 585 g/mol. The summed E-state index contributed by atoms with van der Waals surface area (Å²) in [5, 5.41) is 9.99. The molecule has 41 heavy (non-hydrogen) atoms. The second-order valence-electron chi connectivity index (χ2n) is 8.98. The van der Waals surface area contributed by atoms with Gasteiger partial charge in [-0.3, -0.25) is 14.4 Å². The summed E-state index contributed by atoms with van der Waals surface area (Å²) in [5.74, 6) is 0.236. The van der Waals surface area contributed by atoms with Gasteiger partial charge in [0, 0.05) is 32.8 Å². The zero-order valence-corrected chi connectivity index (χ0v) is 23.7. The van der Waals surface area contributed by atoms with Crippen LogP contribution < -0.4 is 25.4 Å². The Balaban J connectivity index is 1.24. The number of carbonyl (C=O) groups is 3. The minimum absolute atomic E-state index is 0.117. The number of ether oxygens (including phenoxy) is 2. The van der Waals surface area contributed by atoms with Crippen LogP contribution in [0.25, 0.3) is 6.08 Å². The summed E-state index contributed by atoms with van der Waals surface area (Å²) in [6.07, 6.45) is 1.64. The molecule has 5 rings (SSSR count). The highest BCUT2D eigenvalue weighted by atomic mass is 32.2. The van der Waals surface area contributed by atoms with Gasteiger partial charge < -0.3 is 25.4 Å². The standard InChI is InChI=1S/C31H27N3O5S2/c1-20(29(35)32-23-12-13-27-28(18-23)39-15-14-38-27)41-25-10-5-9-22(17-25)33-31(37)26(19-24-11-6-16-40-24)34-30(36)21-7-3-2-4-8-21/h2-13,16-20H,14-15H2,1H3,(H,32,35)(H,33,37)(H,34,36)/b26-19-. The maximum absolute atomic E-state index is 13.3. The van der Waals surface area contributed by atoms with Crippen LogP contribution >= 0.6 is 23.1 Å². The fraction of sp³-hybridized carbons (Fsp3) is 0.129. The van der Waals surface area contributed by atoms with Crippen LogP contribution in [0.2, 0.25) is 0 Å². The Morgan fingerprint density at radius 2 is 1.63 bits per heavy atom. The van der Waals surface area contributed by atoms with Crippen LogP contribution in [0.4, 0.5) is 11.4 Å². The van der Waals surface area contributed by atoms with Crippen molar-refractivity contribution in [2.75, 3.05) is 23.8 Å². The number of hydrogen-bond donors (Lipinski definition) is 3. The molecule has 1 aromatic heterocycles. The van der Waals surface area contributed by atoms with E-state index in [9.17, 15) is 14.4 Å². The van der Waals surface area contributed by atoms with Crippen molar-refractivity contribution in [3.63, 3.8) is 0 Å². The molecule has 3 N–H and O–H groups in total. The molecule has 1 aliphatic heterocycles. The van der Waals surface area contributed by atoms with Crippen molar-refractivity contribution >= 4 is 58.3 Å². The lowest BCUT2D eigenvalue weighted by atomic mass is 10.2. The second-order valence-corrected chi connectivity index (χ2v) is 11.4. The molecule has 208 valence electrons. The molecule has 3 amide bonds. The van der Waals surface area contributed by atoms with Crippen molar-refractivity contribution in [2.45, 2.75) is 17.1 Å². The Bertz CT molecular complexity index is 1570. The lowest BCUT2D eigenvalue weighted by molar-refractivity contribution is -0.115. The van der Waals surface area contributed by atoms with E-state index in [2.05, 4.69) is 16.0 Å². The lowest BCUT2D eigenvalue weighted by Gasteiger charge is -2.19. The third kappa shape index (κ3) is 7.56. The molecular formula is C31H27N3O5S2. The predicted molar refractivity (Wildman–Crippen MR) is 163 cm³/mol. The molecule has 0 saturated heterocycles. The molecular weight excluding hydrogens is 558 g/mol. The van der Waals surface area contributed by atoms with Crippen molar-refractivity contribution in [3.8, 4) is 11.5 Å². The van der Waals surface area contributed by atoms with Gasteiger partial charge in [-0.1, -0.05) is 30.3 Å². The van der Waals surface area contributed by atoms with Crippen LogP contribution in [0, 0.1) is 0 Å². The number of rotatable bonds is 9. The predicted octanol–water partition coefficient (Wildman–Crippen LogP) is 6.05. The van der Waals surface area contributed by atoms with Crippen molar-refractivity contribution in [1.29, 1.82) is 0 Å². The van der Waals surface area contributed by atoms with Crippen LogP contribution in [-0.2, 0) is 9.59 Å². The van der Waals surface area contributed by atoms with Crippen LogP contribution in [0.5, 0.6) is 11.5 Å². The largest absolute Gasteiger partial charge is 0.486 e. The van der Waals surface area contributed by atoms with Crippen molar-refractivity contribution in [3.05, 3.63) is 106 Å². The van der Waals surface area contributed by atoms with E-state index in [4.69, 9.17) is 9.47 Å². The molecule has 3 aromatic carbocycles. The topological polar surface area (TPSA) is 106 Å². The Kier molecular flexibility index (Phi) is 9.02. The fourth-order valence-electron chi connectivity index (χ4n) is 3.93. The average molecular weight is 586 g/mol. The van der Waals surface area contributed by atoms with Gasteiger partial charge in [0.05, 0.1) is 5.25 Å². The van der Waals surface area contributed by atoms with Crippen LogP contribution in [0.1, 0.15) is 22.2 Å². The van der Waals surface area contributed by atoms with E-state index < -0.39 is 11.2 Å². The number of benzene rings is 3. The molecule has 0 radical (unpaired) electrons. The maximum Gasteiger partial charge on any atom is 0.272 e. The van der Waals surface area contributed by atoms with Crippen LogP contribution in [0.3, 0.4) is 0 Å². The van der Waals surface area contributed by atoms with E-state index in [1.165, 1.54) is 23.1 Å². The Morgan fingerprint density at radius 1 is 0.854 bits per heavy atom. The average Bonchev–Trinajstić information content (AvgIpc) is 3.50. The summed E-state index contributed by atoms with van der Waals surface area (Å²) >= 11 is 2.81. The quantitative estimate of drug-likeness (QED) is 0.163. The highest BCUT2D eigenvalue weighted by molar-refractivity contribution is 8.00. The first-order chi connectivity index (χ1) is 19.9. The van der Waals surface area contributed by atoms with Crippen LogP contribution in [0.15, 0.2) is 101 Å². The fourth-order valence-corrected chi connectivity index (χ4v) is 5.51. The van der Waals surface area contributed by atoms with Gasteiger partial charge >= 0.3 is 0 Å². The maximum atomic E-state index is 13.3. The molecule has 1 aliphatic rings. The summed E-state index contributed by atoms with van der Waals surface area (Å²) < 4.78 is 11.1. The first kappa shape index (κ1) is 28.0. The Hall–Kier alpha value is -4.54. The summed E-state index contributed by atoms with van der Waals surface area (Å²) in [5.41, 5.74) is 1.71. The van der Waals surface area contributed by atoms with Crippen molar-refractivity contribution < 1.29 is 23.9 Å². The molecule has 0 aliphatic carbocycles. The zero-order valence-electron chi connectivity index (χ0n) is 22.1. The van der Waals surface area contributed by atoms with E-state index in [1.54, 1.807) is 66.7 Å². The van der Waals surface area contributed by atoms with Gasteiger partial charge in [-0.15, -0.1) is 23.1 Å². The van der Waals surface area contributed by atoms with E-state index in [-0.39, 0.29) is 17.5 Å². The smallest absolute Gasteiger partial charge is 0.272 e. The highest BCUT2D eigenvalue weighted by Gasteiger charge is 2.19. The number of thioether (sulfide) groups is 1. The first-order valence-electron chi connectivity index (χ1n) is 12.8. The summed E-state index contributed by atoms with van der Waals surface area (Å²) in [4.78, 5) is 40.6. The van der Waals surface area contributed by atoms with E-state index in [1.807, 2.05) is 36.6 Å². The number of fused-ring (bicyclic) bond motifs is 1. The molecule has 10 heteroatoms. The molecule has 4 aromatic rings. The molecule has 0 spiro atoms. The van der Waals surface area contributed by atoms with Gasteiger partial charge in [0.2, 0.25) is 5.91 Å². The number of nitrogens with one attached hydrogen (secondary N) is 3. The molecule has 8 nitrogen and oxygen atoms in total. The van der Waals surface area contributed by atoms with Gasteiger partial charge in [-0.25, -0.2) is 0 Å². The van der Waals surface area contributed by atoms with E-state index in [0.717, 1.165) is 9.77 Å². The minimum atomic E-state index is -0.464. The van der Waals surface area contributed by atoms with E-state index >= 15 is 0 Å². The second kappa shape index (κ2) is 13.2. The molecule has 2 heterocycles. The van der Waals surface area contributed by atoms with Crippen molar-refractivity contribution in [1.82, 2.24) is 5.32 Å². The third-order valence-corrected chi connectivity index (χ3v) is 7.86. The number of hydrogen-bond acceptors (Lipinski definition) is 7. The number of anilines is 2. The highest BCUT2D eigenvalue weighted by Crippen LogP contribution is 2.33. The molecule has 1 unspecified atom stereocenters. The number of amides is 3. The SMILES string of the molecule is CC(Sc1cccc(NC(=O)/C(=C/c2cccs2)NC(=O)c2ccccc2)c1)C(=O)Nc1ccc2c(c1)OCCO2.